The number of ether oxygens (including phenoxy) is 1. The lowest BCUT2D eigenvalue weighted by molar-refractivity contribution is 0.0528. The van der Waals surface area contributed by atoms with Gasteiger partial charge in [0.05, 0.1) is 18.8 Å². The van der Waals surface area contributed by atoms with E-state index >= 15 is 0 Å². The van der Waals surface area contributed by atoms with E-state index in [-0.39, 0.29) is 17.9 Å². The van der Waals surface area contributed by atoms with Gasteiger partial charge in [-0.3, -0.25) is 0 Å². The van der Waals surface area contributed by atoms with Crippen molar-refractivity contribution in [3.05, 3.63) is 53.6 Å². The van der Waals surface area contributed by atoms with E-state index in [0.717, 1.165) is 0 Å². The highest BCUT2D eigenvalue weighted by molar-refractivity contribution is 5.95. The van der Waals surface area contributed by atoms with Gasteiger partial charge < -0.3 is 15.2 Å². The first-order valence-electron chi connectivity index (χ1n) is 7.76. The van der Waals surface area contributed by atoms with Gasteiger partial charge in [-0.05, 0) is 38.1 Å². The topological polar surface area (TPSA) is 88.8 Å². The normalized spacial score (nSPS) is 12.1. The molecule has 7 nitrogen and oxygen atoms in total. The smallest absolute Gasteiger partial charge is 0.343 e. The maximum atomic E-state index is 13.4. The monoisotopic (exact) mass is 344 g/mol. The number of phenolic OH excluding ortho intramolecular Hbond substituents is 1. The number of phenols is 1. The molecule has 2 aromatic heterocycles. The Bertz CT molecular complexity index is 925. The number of nitrogens with one attached hydrogen (secondary N) is 1. The molecule has 0 aliphatic heterocycles. The van der Waals surface area contributed by atoms with Crippen molar-refractivity contribution in [2.75, 3.05) is 11.9 Å². The quantitative estimate of drug-likeness (QED) is 0.692. The lowest BCUT2D eigenvalue weighted by atomic mass is 10.1. The average molecular weight is 344 g/mol. The second-order valence-electron chi connectivity index (χ2n) is 5.43. The van der Waals surface area contributed by atoms with Crippen molar-refractivity contribution in [1.82, 2.24) is 14.6 Å². The minimum Gasteiger partial charge on any atom is -0.508 e. The molecule has 0 unspecified atom stereocenters. The maximum absolute atomic E-state index is 13.4. The molecule has 130 valence electrons. The molecule has 1 atom stereocenters. The predicted octanol–water partition coefficient (Wildman–Crippen LogP) is 2.92. The van der Waals surface area contributed by atoms with Crippen LogP contribution in [0.25, 0.3) is 5.65 Å². The molecule has 25 heavy (non-hydrogen) atoms. The van der Waals surface area contributed by atoms with Gasteiger partial charge in [0.1, 0.15) is 22.9 Å². The van der Waals surface area contributed by atoms with E-state index in [1.165, 1.54) is 28.9 Å². The molecule has 0 amide bonds. The molecular formula is C17H17FN4O3. The van der Waals surface area contributed by atoms with Gasteiger partial charge in [0.25, 0.3) is 0 Å². The summed E-state index contributed by atoms with van der Waals surface area (Å²) in [6.07, 6.45) is 3.04. The van der Waals surface area contributed by atoms with Crippen molar-refractivity contribution < 1.29 is 19.0 Å². The highest BCUT2D eigenvalue weighted by Crippen LogP contribution is 2.27. The maximum Gasteiger partial charge on any atom is 0.343 e. The first-order chi connectivity index (χ1) is 12.0. The lowest BCUT2D eigenvalue weighted by Crippen LogP contribution is -2.10. The largest absolute Gasteiger partial charge is 0.508 e. The minimum absolute atomic E-state index is 0.0148. The lowest BCUT2D eigenvalue weighted by Gasteiger charge is -2.16. The van der Waals surface area contributed by atoms with Crippen molar-refractivity contribution in [3.8, 4) is 5.75 Å². The van der Waals surface area contributed by atoms with E-state index in [0.29, 0.717) is 17.0 Å². The Balaban J connectivity index is 1.90. The van der Waals surface area contributed by atoms with Crippen LogP contribution in [0.15, 0.2) is 36.7 Å². The number of benzene rings is 1. The van der Waals surface area contributed by atoms with Gasteiger partial charge in [0.2, 0.25) is 0 Å². The zero-order valence-electron chi connectivity index (χ0n) is 13.7. The van der Waals surface area contributed by atoms with Gasteiger partial charge in [-0.2, -0.15) is 5.10 Å². The van der Waals surface area contributed by atoms with Crippen molar-refractivity contribution in [2.45, 2.75) is 19.9 Å². The summed E-state index contributed by atoms with van der Waals surface area (Å²) in [5.41, 5.74) is 1.01. The number of aromatic nitrogens is 3. The summed E-state index contributed by atoms with van der Waals surface area (Å²) in [6, 6.07) is 5.01. The fourth-order valence-corrected chi connectivity index (χ4v) is 2.47. The highest BCUT2D eigenvalue weighted by atomic mass is 19.1. The number of aromatic hydroxyl groups is 1. The number of hydrogen-bond donors (Lipinski definition) is 2. The van der Waals surface area contributed by atoms with Crippen LogP contribution in [0.5, 0.6) is 5.75 Å². The second-order valence-corrected chi connectivity index (χ2v) is 5.43. The number of rotatable bonds is 5. The molecule has 0 aliphatic rings. The molecule has 0 spiro atoms. The zero-order chi connectivity index (χ0) is 18.0. The zero-order valence-corrected chi connectivity index (χ0v) is 13.7. The van der Waals surface area contributed by atoms with Crippen LogP contribution in [0.1, 0.15) is 35.8 Å². The van der Waals surface area contributed by atoms with Crippen LogP contribution in [0.4, 0.5) is 10.2 Å². The molecule has 0 saturated carbocycles. The third-order valence-electron chi connectivity index (χ3n) is 3.68. The van der Waals surface area contributed by atoms with Crippen molar-refractivity contribution in [1.29, 1.82) is 0 Å². The molecule has 8 heteroatoms. The highest BCUT2D eigenvalue weighted by Gasteiger charge is 2.17. The number of carbonyl (C=O) groups is 1. The Labute approximate surface area is 143 Å². The third kappa shape index (κ3) is 3.37. The molecular weight excluding hydrogens is 327 g/mol. The molecule has 3 rings (SSSR count). The summed E-state index contributed by atoms with van der Waals surface area (Å²) in [6.45, 7) is 3.74. The first-order valence-corrected chi connectivity index (χ1v) is 7.76. The number of nitrogens with zero attached hydrogens (tertiary/aromatic N) is 3. The van der Waals surface area contributed by atoms with Gasteiger partial charge >= 0.3 is 5.97 Å². The first kappa shape index (κ1) is 16.7. The SMILES string of the molecule is CCOC(=O)c1cnn2ccc(N[C@H](C)c3cc(F)ccc3O)nc12. The van der Waals surface area contributed by atoms with Gasteiger partial charge in [-0.25, -0.2) is 18.7 Å². The van der Waals surface area contributed by atoms with Gasteiger partial charge in [0, 0.05) is 11.8 Å². The van der Waals surface area contributed by atoms with E-state index in [1.807, 2.05) is 0 Å². The van der Waals surface area contributed by atoms with Crippen molar-refractivity contribution >= 4 is 17.4 Å². The number of anilines is 1. The van der Waals surface area contributed by atoms with Crippen LogP contribution in [-0.2, 0) is 4.74 Å². The number of esters is 1. The van der Waals surface area contributed by atoms with E-state index in [4.69, 9.17) is 4.74 Å². The van der Waals surface area contributed by atoms with Crippen LogP contribution >= 0.6 is 0 Å². The van der Waals surface area contributed by atoms with Crippen molar-refractivity contribution in [3.63, 3.8) is 0 Å². The van der Waals surface area contributed by atoms with E-state index in [2.05, 4.69) is 15.4 Å². The fraction of sp³-hybridized carbons (Fsp3) is 0.235. The molecule has 3 aromatic rings. The van der Waals surface area contributed by atoms with Crippen molar-refractivity contribution in [2.24, 2.45) is 0 Å². The van der Waals surface area contributed by atoms with Crippen LogP contribution in [0.3, 0.4) is 0 Å². The standard InChI is InChI=1S/C17H17FN4O3/c1-3-25-17(24)13-9-19-22-7-6-15(21-16(13)22)20-10(2)12-8-11(18)4-5-14(12)23/h4-10,23H,3H2,1-2H3,(H,20,21)/t10-/m1/s1. The molecule has 0 bridgehead atoms. The number of carbonyl (C=O) groups excluding carboxylic acids is 1. The number of fused-ring (bicyclic) bond motifs is 1. The Hall–Kier alpha value is -3.16. The summed E-state index contributed by atoms with van der Waals surface area (Å²) >= 11 is 0. The van der Waals surface area contributed by atoms with Gasteiger partial charge in [-0.15, -0.1) is 0 Å². The summed E-state index contributed by atoms with van der Waals surface area (Å²) in [5.74, 6) is -0.503. The second kappa shape index (κ2) is 6.76. The summed E-state index contributed by atoms with van der Waals surface area (Å²) in [4.78, 5) is 16.3. The number of hydrogen-bond acceptors (Lipinski definition) is 6. The molecule has 2 heterocycles. The fourth-order valence-electron chi connectivity index (χ4n) is 2.47. The Morgan fingerprint density at radius 2 is 2.24 bits per heavy atom. The van der Waals surface area contributed by atoms with E-state index < -0.39 is 17.8 Å². The Kier molecular flexibility index (Phi) is 4.51. The molecule has 0 radical (unpaired) electrons. The predicted molar refractivity (Wildman–Crippen MR) is 89.0 cm³/mol. The van der Waals surface area contributed by atoms with Crippen LogP contribution in [-0.4, -0.2) is 32.3 Å². The van der Waals surface area contributed by atoms with Crippen LogP contribution in [0, 0.1) is 5.82 Å². The van der Waals surface area contributed by atoms with E-state index in [1.54, 1.807) is 26.1 Å². The summed E-state index contributed by atoms with van der Waals surface area (Å²) in [7, 11) is 0. The molecule has 1 aromatic carbocycles. The van der Waals surface area contributed by atoms with Gasteiger partial charge in [-0.1, -0.05) is 0 Å². The van der Waals surface area contributed by atoms with Crippen LogP contribution < -0.4 is 5.32 Å². The molecule has 0 aliphatic carbocycles. The summed E-state index contributed by atoms with van der Waals surface area (Å²) in [5, 5.41) is 17.0. The molecule has 0 fully saturated rings. The third-order valence-corrected chi connectivity index (χ3v) is 3.68. The Morgan fingerprint density at radius 1 is 1.44 bits per heavy atom. The molecule has 0 saturated heterocycles. The van der Waals surface area contributed by atoms with E-state index in [9.17, 15) is 14.3 Å². The number of halogens is 1. The molecule has 2 N–H and O–H groups in total. The average Bonchev–Trinajstić information content (AvgIpc) is 3.00. The summed E-state index contributed by atoms with van der Waals surface area (Å²) < 4.78 is 19.9. The minimum atomic E-state index is -0.502. The van der Waals surface area contributed by atoms with Gasteiger partial charge in [0.15, 0.2) is 5.65 Å². The Morgan fingerprint density at radius 3 is 3.00 bits per heavy atom. The van der Waals surface area contributed by atoms with Crippen LogP contribution in [0.2, 0.25) is 0 Å².